The number of methoxy groups -OCH3 is 1. The molecule has 8 heteroatoms. The number of aromatic nitrogens is 2. The van der Waals surface area contributed by atoms with Crippen LogP contribution in [-0.4, -0.2) is 35.1 Å². The summed E-state index contributed by atoms with van der Waals surface area (Å²) in [5.74, 6) is -0.0479. The number of nitrogens with zero attached hydrogens (tertiary/aromatic N) is 2. The second-order valence-electron chi connectivity index (χ2n) is 9.37. The van der Waals surface area contributed by atoms with Crippen molar-refractivity contribution in [2.45, 2.75) is 32.2 Å². The smallest absolute Gasteiger partial charge is 0.308 e. The van der Waals surface area contributed by atoms with Gasteiger partial charge in [-0.05, 0) is 71.8 Å². The van der Waals surface area contributed by atoms with Gasteiger partial charge in [0.2, 0.25) is 0 Å². The van der Waals surface area contributed by atoms with E-state index < -0.39 is 0 Å². The molecule has 0 radical (unpaired) electrons. The van der Waals surface area contributed by atoms with Crippen LogP contribution >= 0.6 is 27.5 Å². The molecule has 0 atom stereocenters. The first-order chi connectivity index (χ1) is 17.4. The highest BCUT2D eigenvalue weighted by Crippen LogP contribution is 2.35. The predicted octanol–water partition coefficient (Wildman–Crippen LogP) is 6.36. The van der Waals surface area contributed by atoms with Crippen LogP contribution in [-0.2, 0) is 16.1 Å². The number of rotatable bonds is 6. The molecule has 1 aliphatic carbocycles. The van der Waals surface area contributed by atoms with E-state index in [1.54, 1.807) is 0 Å². The molecule has 186 valence electrons. The van der Waals surface area contributed by atoms with E-state index in [2.05, 4.69) is 27.3 Å². The number of esters is 1. The highest BCUT2D eigenvalue weighted by atomic mass is 79.9. The second kappa shape index (κ2) is 10.6. The summed E-state index contributed by atoms with van der Waals surface area (Å²) in [6.45, 7) is 1.06. The Morgan fingerprint density at radius 1 is 1.11 bits per heavy atom. The molecule has 36 heavy (non-hydrogen) atoms. The number of carbonyl (C=O) groups excluding carboxylic acids is 2. The molecule has 4 aromatic rings. The fraction of sp³-hybridized carbons (Fsp3) is 0.321. The number of pyridine rings is 1. The zero-order valence-electron chi connectivity index (χ0n) is 20.0. The van der Waals surface area contributed by atoms with Crippen molar-refractivity contribution in [3.8, 4) is 0 Å². The Bertz CT molecular complexity index is 1440. The van der Waals surface area contributed by atoms with Crippen molar-refractivity contribution in [3.63, 3.8) is 0 Å². The molecule has 1 aliphatic rings. The van der Waals surface area contributed by atoms with E-state index in [9.17, 15) is 9.59 Å². The number of hydrogen-bond acceptors (Lipinski definition) is 4. The second-order valence-corrected chi connectivity index (χ2v) is 10.6. The van der Waals surface area contributed by atoms with E-state index in [1.165, 1.54) is 7.11 Å². The molecule has 1 fully saturated rings. The summed E-state index contributed by atoms with van der Waals surface area (Å²) < 4.78 is 7.59. The number of para-hydroxylation sites is 1. The van der Waals surface area contributed by atoms with Gasteiger partial charge in [-0.15, -0.1) is 0 Å². The number of amides is 1. The minimum Gasteiger partial charge on any atom is -0.469 e. The number of ether oxygens (including phenoxy) is 1. The summed E-state index contributed by atoms with van der Waals surface area (Å²) in [6, 6.07) is 16.0. The van der Waals surface area contributed by atoms with Gasteiger partial charge in [-0.25, -0.2) is 0 Å². The van der Waals surface area contributed by atoms with Crippen LogP contribution in [0.3, 0.4) is 0 Å². The number of halogens is 2. The average molecular weight is 569 g/mol. The summed E-state index contributed by atoms with van der Waals surface area (Å²) in [6.07, 6.45) is 5.31. The molecule has 2 aromatic heterocycles. The minimum absolute atomic E-state index is 0.0342. The van der Waals surface area contributed by atoms with Gasteiger partial charge in [0.1, 0.15) is 0 Å². The Morgan fingerprint density at radius 3 is 2.67 bits per heavy atom. The minimum atomic E-state index is -0.201. The number of fused-ring (bicyclic) bond motifs is 2. The van der Waals surface area contributed by atoms with Crippen LogP contribution in [0.25, 0.3) is 21.8 Å². The van der Waals surface area contributed by atoms with E-state index in [1.807, 2.05) is 53.2 Å². The molecule has 0 bridgehead atoms. The van der Waals surface area contributed by atoms with E-state index >= 15 is 0 Å². The molecule has 2 heterocycles. The molecule has 6 nitrogen and oxygen atoms in total. The first kappa shape index (κ1) is 24.8. The maximum atomic E-state index is 13.5. The summed E-state index contributed by atoms with van der Waals surface area (Å²) in [7, 11) is 1.43. The monoisotopic (exact) mass is 567 g/mol. The molecule has 2 aromatic carbocycles. The SMILES string of the molecule is COC(=O)[C@H]1CC[C@H](CNC(=O)c2c(Cl)c(Br)cc3ccn(Cc4ccc5ccccc5n4)c23)CC1. The third-order valence-electron chi connectivity index (χ3n) is 7.09. The third kappa shape index (κ3) is 5.00. The molecule has 1 saturated carbocycles. The van der Waals surface area contributed by atoms with Gasteiger partial charge in [0.25, 0.3) is 5.91 Å². The van der Waals surface area contributed by atoms with Crippen molar-refractivity contribution in [3.05, 3.63) is 75.5 Å². The van der Waals surface area contributed by atoms with E-state index in [-0.39, 0.29) is 17.8 Å². The predicted molar refractivity (Wildman–Crippen MR) is 145 cm³/mol. The van der Waals surface area contributed by atoms with E-state index in [0.717, 1.165) is 53.2 Å². The number of nitrogens with one attached hydrogen (secondary N) is 1. The zero-order chi connectivity index (χ0) is 25.2. The first-order valence-corrected chi connectivity index (χ1v) is 13.3. The molecule has 0 unspecified atom stereocenters. The van der Waals surface area contributed by atoms with Crippen molar-refractivity contribution >= 4 is 61.2 Å². The van der Waals surface area contributed by atoms with Gasteiger partial charge >= 0.3 is 5.97 Å². The van der Waals surface area contributed by atoms with Crippen LogP contribution in [0.15, 0.2) is 59.2 Å². The molecule has 5 rings (SSSR count). The topological polar surface area (TPSA) is 73.2 Å². The summed E-state index contributed by atoms with van der Waals surface area (Å²) in [5, 5.41) is 5.51. The van der Waals surface area contributed by atoms with Gasteiger partial charge in [-0.2, -0.15) is 0 Å². The lowest BCUT2D eigenvalue weighted by Crippen LogP contribution is -2.33. The quantitative estimate of drug-likeness (QED) is 0.275. The van der Waals surface area contributed by atoms with Crippen LogP contribution in [0.1, 0.15) is 41.7 Å². The fourth-order valence-electron chi connectivity index (χ4n) is 5.12. The molecule has 1 N–H and O–H groups in total. The Balaban J connectivity index is 1.37. The molecule has 0 aliphatic heterocycles. The van der Waals surface area contributed by atoms with Gasteiger partial charge in [-0.3, -0.25) is 14.6 Å². The molecular weight excluding hydrogens is 542 g/mol. The van der Waals surface area contributed by atoms with Gasteiger partial charge in [0, 0.05) is 28.0 Å². The maximum absolute atomic E-state index is 13.5. The normalized spacial score (nSPS) is 17.9. The first-order valence-electron chi connectivity index (χ1n) is 12.1. The zero-order valence-corrected chi connectivity index (χ0v) is 22.3. The standard InChI is InChI=1S/C28H27BrClN3O3/c1-36-28(35)19-8-6-17(7-9-19)15-31-27(34)24-25(30)22(29)14-20-12-13-33(26(20)24)16-21-11-10-18-4-2-3-5-23(18)32-21/h2-5,10-14,17,19H,6-9,15-16H2,1H3,(H,31,34)/t17-,19-. The maximum Gasteiger partial charge on any atom is 0.308 e. The Labute approximate surface area is 223 Å². The van der Waals surface area contributed by atoms with Gasteiger partial charge < -0.3 is 14.6 Å². The van der Waals surface area contributed by atoms with E-state index in [4.69, 9.17) is 21.3 Å². The van der Waals surface area contributed by atoms with Crippen molar-refractivity contribution in [2.24, 2.45) is 11.8 Å². The Kier molecular flexibility index (Phi) is 7.30. The lowest BCUT2D eigenvalue weighted by molar-refractivity contribution is -0.146. The lowest BCUT2D eigenvalue weighted by atomic mass is 9.82. The third-order valence-corrected chi connectivity index (χ3v) is 8.34. The van der Waals surface area contributed by atoms with Gasteiger partial charge in [-0.1, -0.05) is 35.9 Å². The Morgan fingerprint density at radius 2 is 1.89 bits per heavy atom. The van der Waals surface area contributed by atoms with Gasteiger partial charge in [0.05, 0.1) is 46.9 Å². The molecule has 0 saturated heterocycles. The van der Waals surface area contributed by atoms with E-state index in [0.29, 0.717) is 34.1 Å². The van der Waals surface area contributed by atoms with Crippen LogP contribution in [0, 0.1) is 11.8 Å². The summed E-state index contributed by atoms with van der Waals surface area (Å²) >= 11 is 10.2. The van der Waals surface area contributed by atoms with Crippen LogP contribution in [0.5, 0.6) is 0 Å². The highest BCUT2D eigenvalue weighted by molar-refractivity contribution is 9.10. The average Bonchev–Trinajstić information content (AvgIpc) is 3.29. The van der Waals surface area contributed by atoms with Gasteiger partial charge in [0.15, 0.2) is 0 Å². The molecule has 1 amide bonds. The van der Waals surface area contributed by atoms with Crippen molar-refractivity contribution < 1.29 is 14.3 Å². The van der Waals surface area contributed by atoms with Crippen LogP contribution in [0.2, 0.25) is 5.02 Å². The van der Waals surface area contributed by atoms with Crippen molar-refractivity contribution in [2.75, 3.05) is 13.7 Å². The fourth-order valence-corrected chi connectivity index (χ4v) is 5.80. The number of hydrogen-bond donors (Lipinski definition) is 1. The largest absolute Gasteiger partial charge is 0.469 e. The number of benzene rings is 2. The summed E-state index contributed by atoms with van der Waals surface area (Å²) in [4.78, 5) is 30.1. The Hall–Kier alpha value is -2.90. The van der Waals surface area contributed by atoms with Crippen molar-refractivity contribution in [1.29, 1.82) is 0 Å². The van der Waals surface area contributed by atoms with Crippen molar-refractivity contribution in [1.82, 2.24) is 14.9 Å². The molecule has 0 spiro atoms. The van der Waals surface area contributed by atoms with Crippen LogP contribution in [0.4, 0.5) is 0 Å². The highest BCUT2D eigenvalue weighted by Gasteiger charge is 2.28. The lowest BCUT2D eigenvalue weighted by Gasteiger charge is -2.27. The summed E-state index contributed by atoms with van der Waals surface area (Å²) in [5.41, 5.74) is 3.08. The number of carbonyl (C=O) groups is 2. The molecular formula is C28H27BrClN3O3. The van der Waals surface area contributed by atoms with Crippen LogP contribution < -0.4 is 5.32 Å².